The molecule has 0 aliphatic carbocycles. The van der Waals surface area contributed by atoms with Crippen molar-refractivity contribution in [1.82, 2.24) is 9.62 Å². The number of hydrogen-bond donors (Lipinski definition) is 1. The fraction of sp³-hybridized carbons (Fsp3) is 0.500. The molecule has 5 nitrogen and oxygen atoms in total. The Labute approximate surface area is 121 Å². The van der Waals surface area contributed by atoms with E-state index in [0.717, 1.165) is 13.1 Å². The van der Waals surface area contributed by atoms with Crippen LogP contribution < -0.4 is 4.72 Å². The lowest BCUT2D eigenvalue weighted by molar-refractivity contribution is 0.322. The molecule has 1 aromatic carbocycles. The van der Waals surface area contributed by atoms with Crippen molar-refractivity contribution in [2.24, 2.45) is 0 Å². The van der Waals surface area contributed by atoms with Gasteiger partial charge in [0.15, 0.2) is 5.25 Å². The van der Waals surface area contributed by atoms with Crippen LogP contribution in [0.15, 0.2) is 30.3 Å². The van der Waals surface area contributed by atoms with Crippen molar-refractivity contribution >= 4 is 10.0 Å². The number of benzene rings is 1. The maximum Gasteiger partial charge on any atom is 0.227 e. The molecule has 1 rings (SSSR count). The minimum atomic E-state index is -3.50. The van der Waals surface area contributed by atoms with Crippen LogP contribution in [0.4, 0.5) is 0 Å². The van der Waals surface area contributed by atoms with E-state index in [1.54, 1.807) is 6.07 Å². The molecule has 0 fully saturated rings. The van der Waals surface area contributed by atoms with Crippen LogP contribution in [-0.2, 0) is 16.6 Å². The third kappa shape index (κ3) is 5.70. The Morgan fingerprint density at radius 1 is 1.35 bits per heavy atom. The number of nitriles is 1. The summed E-state index contributed by atoms with van der Waals surface area (Å²) in [5, 5.41) is 7.59. The highest BCUT2D eigenvalue weighted by molar-refractivity contribution is 7.90. The third-order valence-corrected chi connectivity index (χ3v) is 4.61. The van der Waals surface area contributed by atoms with E-state index < -0.39 is 15.3 Å². The predicted octanol–water partition coefficient (Wildman–Crippen LogP) is 1.34. The Balaban J connectivity index is 2.26. The maximum atomic E-state index is 11.6. The minimum absolute atomic E-state index is 0.355. The lowest BCUT2D eigenvalue weighted by atomic mass is 10.2. The monoisotopic (exact) mass is 295 g/mol. The molecular formula is C14H21N3O2S. The van der Waals surface area contributed by atoms with Crippen LogP contribution >= 0.6 is 0 Å². The van der Waals surface area contributed by atoms with Gasteiger partial charge in [0.2, 0.25) is 10.0 Å². The summed E-state index contributed by atoms with van der Waals surface area (Å²) in [6, 6.07) is 11.8. The molecular weight excluding hydrogens is 274 g/mol. The average molecular weight is 295 g/mol. The molecule has 6 heteroatoms. The van der Waals surface area contributed by atoms with Crippen molar-refractivity contribution in [3.63, 3.8) is 0 Å². The molecule has 0 aliphatic heterocycles. The molecule has 20 heavy (non-hydrogen) atoms. The summed E-state index contributed by atoms with van der Waals surface area (Å²) in [5.41, 5.74) is 1.23. The van der Waals surface area contributed by atoms with Crippen LogP contribution in [0.2, 0.25) is 0 Å². The number of rotatable bonds is 8. The first-order valence-electron chi connectivity index (χ1n) is 6.56. The average Bonchev–Trinajstić information content (AvgIpc) is 2.43. The van der Waals surface area contributed by atoms with Crippen LogP contribution in [0.3, 0.4) is 0 Å². The zero-order valence-electron chi connectivity index (χ0n) is 11.9. The summed E-state index contributed by atoms with van der Waals surface area (Å²) in [6.07, 6.45) is 0.709. The summed E-state index contributed by atoms with van der Waals surface area (Å²) in [4.78, 5) is 2.14. The Bertz CT molecular complexity index is 537. The van der Waals surface area contributed by atoms with Gasteiger partial charge in [-0.25, -0.2) is 13.1 Å². The highest BCUT2D eigenvalue weighted by atomic mass is 32.2. The van der Waals surface area contributed by atoms with Crippen LogP contribution in [0.1, 0.15) is 18.9 Å². The Morgan fingerprint density at radius 3 is 2.60 bits per heavy atom. The van der Waals surface area contributed by atoms with Gasteiger partial charge >= 0.3 is 0 Å². The molecule has 1 aromatic rings. The quantitative estimate of drug-likeness (QED) is 0.735. The van der Waals surface area contributed by atoms with E-state index in [1.165, 1.54) is 12.5 Å². The molecule has 0 bridgehead atoms. The van der Waals surface area contributed by atoms with E-state index in [4.69, 9.17) is 5.26 Å². The molecule has 1 N–H and O–H groups in total. The number of hydrogen-bond acceptors (Lipinski definition) is 4. The zero-order chi connectivity index (χ0) is 15.0. The van der Waals surface area contributed by atoms with Crippen molar-refractivity contribution in [1.29, 1.82) is 5.26 Å². The Morgan fingerprint density at radius 2 is 2.00 bits per heavy atom. The van der Waals surface area contributed by atoms with Crippen molar-refractivity contribution in [3.05, 3.63) is 35.9 Å². The lowest BCUT2D eigenvalue weighted by Gasteiger charge is -2.17. The molecule has 0 heterocycles. The molecule has 110 valence electrons. The highest BCUT2D eigenvalue weighted by Gasteiger charge is 2.18. The van der Waals surface area contributed by atoms with E-state index in [-0.39, 0.29) is 0 Å². The summed E-state index contributed by atoms with van der Waals surface area (Å²) in [7, 11) is -1.50. The SMILES string of the molecule is CC(C#N)S(=O)(=O)NCCCN(C)Cc1ccccc1. The standard InChI is InChI=1S/C14H21N3O2S/c1-13(11-15)20(18,19)16-9-6-10-17(2)12-14-7-4-3-5-8-14/h3-5,7-8,13,16H,6,9-10,12H2,1-2H3. The molecule has 0 aliphatic rings. The number of nitrogens with one attached hydrogen (secondary N) is 1. The topological polar surface area (TPSA) is 73.2 Å². The van der Waals surface area contributed by atoms with Gasteiger partial charge in [0.1, 0.15) is 0 Å². The first-order chi connectivity index (χ1) is 9.45. The first-order valence-corrected chi connectivity index (χ1v) is 8.11. The summed E-state index contributed by atoms with van der Waals surface area (Å²) in [5.74, 6) is 0. The van der Waals surface area contributed by atoms with Gasteiger partial charge in [-0.15, -0.1) is 0 Å². The van der Waals surface area contributed by atoms with Crippen molar-refractivity contribution in [2.45, 2.75) is 25.1 Å². The lowest BCUT2D eigenvalue weighted by Crippen LogP contribution is -2.33. The van der Waals surface area contributed by atoms with Gasteiger partial charge in [0.25, 0.3) is 0 Å². The minimum Gasteiger partial charge on any atom is -0.302 e. The van der Waals surface area contributed by atoms with Crippen molar-refractivity contribution < 1.29 is 8.42 Å². The van der Waals surface area contributed by atoms with E-state index in [0.29, 0.717) is 13.0 Å². The second-order valence-corrected chi connectivity index (χ2v) is 6.87. The molecule has 1 atom stereocenters. The van der Waals surface area contributed by atoms with Crippen molar-refractivity contribution in [2.75, 3.05) is 20.1 Å². The van der Waals surface area contributed by atoms with Gasteiger partial charge in [-0.05, 0) is 32.5 Å². The highest BCUT2D eigenvalue weighted by Crippen LogP contribution is 2.03. The molecule has 1 unspecified atom stereocenters. The van der Waals surface area contributed by atoms with E-state index in [2.05, 4.69) is 21.8 Å². The molecule has 0 amide bonds. The fourth-order valence-corrected chi connectivity index (χ4v) is 2.55. The summed E-state index contributed by atoms with van der Waals surface area (Å²) in [6.45, 7) is 3.36. The molecule has 0 saturated carbocycles. The van der Waals surface area contributed by atoms with Gasteiger partial charge in [0.05, 0.1) is 6.07 Å². The molecule has 0 radical (unpaired) electrons. The van der Waals surface area contributed by atoms with Gasteiger partial charge in [-0.2, -0.15) is 5.26 Å². The van der Waals surface area contributed by atoms with E-state index >= 15 is 0 Å². The van der Waals surface area contributed by atoms with Crippen LogP contribution in [0, 0.1) is 11.3 Å². The molecule has 0 spiro atoms. The second kappa shape index (κ2) is 8.00. The van der Waals surface area contributed by atoms with Gasteiger partial charge in [-0.3, -0.25) is 0 Å². The number of nitrogens with zero attached hydrogens (tertiary/aromatic N) is 2. The smallest absolute Gasteiger partial charge is 0.227 e. The Hall–Kier alpha value is -1.42. The van der Waals surface area contributed by atoms with Gasteiger partial charge in [-0.1, -0.05) is 30.3 Å². The van der Waals surface area contributed by atoms with Crippen LogP contribution in [0.5, 0.6) is 0 Å². The van der Waals surface area contributed by atoms with Crippen LogP contribution in [0.25, 0.3) is 0 Å². The largest absolute Gasteiger partial charge is 0.302 e. The van der Waals surface area contributed by atoms with Crippen LogP contribution in [-0.4, -0.2) is 38.7 Å². The van der Waals surface area contributed by atoms with E-state index in [9.17, 15) is 8.42 Å². The van der Waals surface area contributed by atoms with Gasteiger partial charge in [0, 0.05) is 13.1 Å². The fourth-order valence-electron chi connectivity index (χ4n) is 1.73. The molecule has 0 saturated heterocycles. The van der Waals surface area contributed by atoms with Gasteiger partial charge < -0.3 is 4.90 Å². The van der Waals surface area contributed by atoms with E-state index in [1.807, 2.05) is 25.2 Å². The molecule has 0 aromatic heterocycles. The predicted molar refractivity (Wildman–Crippen MR) is 79.4 cm³/mol. The zero-order valence-corrected chi connectivity index (χ0v) is 12.7. The Kier molecular flexibility index (Phi) is 6.65. The van der Waals surface area contributed by atoms with Crippen molar-refractivity contribution in [3.8, 4) is 6.07 Å². The normalized spacial score (nSPS) is 13.1. The number of sulfonamides is 1. The third-order valence-electron chi connectivity index (χ3n) is 2.96. The first kappa shape index (κ1) is 16.6. The summed E-state index contributed by atoms with van der Waals surface area (Å²) >= 11 is 0. The summed E-state index contributed by atoms with van der Waals surface area (Å²) < 4.78 is 25.6. The maximum absolute atomic E-state index is 11.6. The second-order valence-electron chi connectivity index (χ2n) is 4.79.